The maximum Gasteiger partial charge on any atom is 0.119 e. The Morgan fingerprint density at radius 1 is 1.12 bits per heavy atom. The van der Waals surface area contributed by atoms with Crippen molar-refractivity contribution in [1.82, 2.24) is 0 Å². The summed E-state index contributed by atoms with van der Waals surface area (Å²) in [6.07, 6.45) is 0. The number of anilines is 1. The van der Waals surface area contributed by atoms with Crippen molar-refractivity contribution in [2.75, 3.05) is 12.8 Å². The van der Waals surface area contributed by atoms with E-state index in [9.17, 15) is 0 Å². The van der Waals surface area contributed by atoms with Gasteiger partial charge in [0.1, 0.15) is 5.75 Å². The van der Waals surface area contributed by atoms with Gasteiger partial charge in [0.2, 0.25) is 0 Å². The fourth-order valence-electron chi connectivity index (χ4n) is 1.56. The molecule has 0 aliphatic heterocycles. The third kappa shape index (κ3) is 2.12. The van der Waals surface area contributed by atoms with Gasteiger partial charge >= 0.3 is 0 Å². The zero-order chi connectivity index (χ0) is 11.5. The summed E-state index contributed by atoms with van der Waals surface area (Å²) in [5.41, 5.74) is 8.38. The number of nitrogen functional groups attached to an aromatic ring is 1. The van der Waals surface area contributed by atoms with Crippen molar-refractivity contribution >= 4 is 17.3 Å². The Balaban J connectivity index is 2.54. The Bertz CT molecular complexity index is 511. The first-order valence-corrected chi connectivity index (χ1v) is 5.28. The van der Waals surface area contributed by atoms with Crippen LogP contribution in [-0.2, 0) is 0 Å². The first-order valence-electron chi connectivity index (χ1n) is 4.90. The molecule has 0 aliphatic carbocycles. The monoisotopic (exact) mass is 233 g/mol. The highest BCUT2D eigenvalue weighted by molar-refractivity contribution is 6.33. The molecule has 0 aliphatic rings. The van der Waals surface area contributed by atoms with E-state index in [1.807, 2.05) is 42.5 Å². The summed E-state index contributed by atoms with van der Waals surface area (Å²) in [7, 11) is 1.63. The Morgan fingerprint density at radius 3 is 2.62 bits per heavy atom. The van der Waals surface area contributed by atoms with E-state index in [2.05, 4.69) is 0 Å². The van der Waals surface area contributed by atoms with Gasteiger partial charge in [0.25, 0.3) is 0 Å². The summed E-state index contributed by atoms with van der Waals surface area (Å²) >= 11 is 6.14. The van der Waals surface area contributed by atoms with Crippen LogP contribution in [0.1, 0.15) is 0 Å². The van der Waals surface area contributed by atoms with E-state index >= 15 is 0 Å². The van der Waals surface area contributed by atoms with E-state index in [1.165, 1.54) is 0 Å². The lowest BCUT2D eigenvalue weighted by molar-refractivity contribution is 0.415. The standard InChI is InChI=1S/C13H12ClNO/c1-16-11-5-6-13(14)12(8-11)9-3-2-4-10(15)7-9/h2-8H,15H2,1H3. The smallest absolute Gasteiger partial charge is 0.119 e. The maximum atomic E-state index is 6.14. The van der Waals surface area contributed by atoms with Crippen molar-refractivity contribution in [3.8, 4) is 16.9 Å². The van der Waals surface area contributed by atoms with Crippen LogP contribution in [0, 0.1) is 0 Å². The first kappa shape index (κ1) is 10.8. The van der Waals surface area contributed by atoms with Gasteiger partial charge in [0.15, 0.2) is 0 Å². The van der Waals surface area contributed by atoms with Crippen molar-refractivity contribution in [2.24, 2.45) is 0 Å². The van der Waals surface area contributed by atoms with E-state index in [1.54, 1.807) is 7.11 Å². The molecule has 82 valence electrons. The van der Waals surface area contributed by atoms with Gasteiger partial charge in [-0.1, -0.05) is 23.7 Å². The average molecular weight is 234 g/mol. The largest absolute Gasteiger partial charge is 0.497 e. The van der Waals surface area contributed by atoms with Crippen LogP contribution in [0.4, 0.5) is 5.69 Å². The number of hydrogen-bond donors (Lipinski definition) is 1. The summed E-state index contributed by atoms with van der Waals surface area (Å²) < 4.78 is 5.17. The highest BCUT2D eigenvalue weighted by atomic mass is 35.5. The second-order valence-electron chi connectivity index (χ2n) is 3.47. The quantitative estimate of drug-likeness (QED) is 0.805. The van der Waals surface area contributed by atoms with Gasteiger partial charge in [-0.25, -0.2) is 0 Å². The minimum atomic E-state index is 0.686. The summed E-state index contributed by atoms with van der Waals surface area (Å²) in [5.74, 6) is 0.779. The van der Waals surface area contributed by atoms with Gasteiger partial charge in [0.05, 0.1) is 7.11 Å². The van der Waals surface area contributed by atoms with Crippen molar-refractivity contribution in [1.29, 1.82) is 0 Å². The minimum Gasteiger partial charge on any atom is -0.497 e. The minimum absolute atomic E-state index is 0.686. The van der Waals surface area contributed by atoms with Gasteiger partial charge < -0.3 is 10.5 Å². The van der Waals surface area contributed by atoms with Crippen LogP contribution in [0.25, 0.3) is 11.1 Å². The zero-order valence-corrected chi connectivity index (χ0v) is 9.66. The second-order valence-corrected chi connectivity index (χ2v) is 3.88. The normalized spacial score (nSPS) is 10.1. The van der Waals surface area contributed by atoms with Crippen molar-refractivity contribution in [3.05, 3.63) is 47.5 Å². The molecule has 0 unspecified atom stereocenters. The molecule has 0 atom stereocenters. The predicted octanol–water partition coefficient (Wildman–Crippen LogP) is 3.60. The highest BCUT2D eigenvalue weighted by Crippen LogP contribution is 2.32. The zero-order valence-electron chi connectivity index (χ0n) is 8.91. The van der Waals surface area contributed by atoms with Crippen LogP contribution >= 0.6 is 11.6 Å². The van der Waals surface area contributed by atoms with E-state index in [4.69, 9.17) is 22.1 Å². The lowest BCUT2D eigenvalue weighted by atomic mass is 10.0. The Hall–Kier alpha value is -1.67. The van der Waals surface area contributed by atoms with Crippen LogP contribution in [0.15, 0.2) is 42.5 Å². The molecule has 3 heteroatoms. The van der Waals surface area contributed by atoms with Gasteiger partial charge in [-0.2, -0.15) is 0 Å². The summed E-state index contributed by atoms with van der Waals surface area (Å²) in [6.45, 7) is 0. The Labute approximate surface area is 99.6 Å². The van der Waals surface area contributed by atoms with Crippen molar-refractivity contribution in [3.63, 3.8) is 0 Å². The lowest BCUT2D eigenvalue weighted by Crippen LogP contribution is -1.87. The molecule has 0 saturated heterocycles. The summed E-state index contributed by atoms with van der Waals surface area (Å²) in [4.78, 5) is 0. The maximum absolute atomic E-state index is 6.14. The molecule has 0 spiro atoms. The second kappa shape index (κ2) is 4.45. The van der Waals surface area contributed by atoms with Crippen molar-refractivity contribution < 1.29 is 4.74 Å². The molecule has 0 amide bonds. The Morgan fingerprint density at radius 2 is 1.94 bits per heavy atom. The third-order valence-corrected chi connectivity index (χ3v) is 2.70. The number of halogens is 1. The van der Waals surface area contributed by atoms with Gasteiger partial charge in [0, 0.05) is 16.3 Å². The molecule has 0 heterocycles. The topological polar surface area (TPSA) is 35.2 Å². The van der Waals surface area contributed by atoms with Crippen LogP contribution in [0.3, 0.4) is 0 Å². The molecule has 2 rings (SSSR count). The Kier molecular flexibility index (Phi) is 3.02. The molecule has 2 aromatic carbocycles. The van der Waals surface area contributed by atoms with Gasteiger partial charge in [-0.15, -0.1) is 0 Å². The molecule has 0 aromatic heterocycles. The number of methoxy groups -OCH3 is 1. The molecule has 2 nitrogen and oxygen atoms in total. The fourth-order valence-corrected chi connectivity index (χ4v) is 1.79. The molecule has 2 N–H and O–H groups in total. The average Bonchev–Trinajstić information content (AvgIpc) is 2.30. The van der Waals surface area contributed by atoms with Crippen molar-refractivity contribution in [2.45, 2.75) is 0 Å². The number of rotatable bonds is 2. The summed E-state index contributed by atoms with van der Waals surface area (Å²) in [5, 5.41) is 0.686. The van der Waals surface area contributed by atoms with E-state index in [0.717, 1.165) is 22.6 Å². The van der Waals surface area contributed by atoms with E-state index in [0.29, 0.717) is 5.02 Å². The number of nitrogens with two attached hydrogens (primary N) is 1. The molecule has 16 heavy (non-hydrogen) atoms. The highest BCUT2D eigenvalue weighted by Gasteiger charge is 2.05. The van der Waals surface area contributed by atoms with Crippen LogP contribution in [-0.4, -0.2) is 7.11 Å². The number of hydrogen-bond acceptors (Lipinski definition) is 2. The van der Waals surface area contributed by atoms with E-state index in [-0.39, 0.29) is 0 Å². The molecule has 0 radical (unpaired) electrons. The van der Waals surface area contributed by atoms with Crippen LogP contribution < -0.4 is 10.5 Å². The third-order valence-electron chi connectivity index (χ3n) is 2.37. The number of ether oxygens (including phenoxy) is 1. The van der Waals surface area contributed by atoms with Crippen LogP contribution in [0.2, 0.25) is 5.02 Å². The molecule has 0 bridgehead atoms. The lowest BCUT2D eigenvalue weighted by Gasteiger charge is -2.07. The number of benzene rings is 2. The molecule has 0 saturated carbocycles. The molecular formula is C13H12ClNO. The molecule has 0 fully saturated rings. The van der Waals surface area contributed by atoms with Gasteiger partial charge in [-0.05, 0) is 35.9 Å². The van der Waals surface area contributed by atoms with E-state index < -0.39 is 0 Å². The summed E-state index contributed by atoms with van der Waals surface area (Å²) in [6, 6.07) is 13.2. The molecule has 2 aromatic rings. The first-order chi connectivity index (χ1) is 7.70. The van der Waals surface area contributed by atoms with Crippen LogP contribution in [0.5, 0.6) is 5.75 Å². The van der Waals surface area contributed by atoms with Gasteiger partial charge in [-0.3, -0.25) is 0 Å². The fraction of sp³-hybridized carbons (Fsp3) is 0.0769. The molecular weight excluding hydrogens is 222 g/mol. The predicted molar refractivity (Wildman–Crippen MR) is 67.9 cm³/mol. The SMILES string of the molecule is COc1ccc(Cl)c(-c2cccc(N)c2)c1.